The van der Waals surface area contributed by atoms with Crippen molar-refractivity contribution in [2.75, 3.05) is 11.9 Å². The molecule has 2 amide bonds. The molecule has 0 radical (unpaired) electrons. The van der Waals surface area contributed by atoms with E-state index in [9.17, 15) is 9.59 Å². The lowest BCUT2D eigenvalue weighted by molar-refractivity contribution is -0.123. The van der Waals surface area contributed by atoms with Gasteiger partial charge in [0, 0.05) is 19.7 Å². The molecule has 126 valence electrons. The van der Waals surface area contributed by atoms with Crippen LogP contribution in [-0.2, 0) is 16.6 Å². The third-order valence-corrected chi connectivity index (χ3v) is 2.97. The van der Waals surface area contributed by atoms with Crippen LogP contribution >= 0.6 is 0 Å². The fourth-order valence-electron chi connectivity index (χ4n) is 1.94. The molecule has 2 aromatic rings. The van der Waals surface area contributed by atoms with Crippen LogP contribution in [0.1, 0.15) is 18.3 Å². The standard InChI is InChI=1S/C16H19N5O3/c1-11-8-14(21(3)20-11)9-17-19-16(23)10-24-15-6-4-13(5-7-15)18-12(2)22/h4-9H,10H2,1-3H3,(H,18,22)(H,19,23)/b17-9+. The Kier molecular flexibility index (Phi) is 5.67. The van der Waals surface area contributed by atoms with Crippen molar-refractivity contribution in [3.8, 4) is 5.75 Å². The molecule has 0 aliphatic carbocycles. The van der Waals surface area contributed by atoms with Crippen LogP contribution in [0, 0.1) is 6.92 Å². The Morgan fingerprint density at radius 1 is 1.33 bits per heavy atom. The van der Waals surface area contributed by atoms with Gasteiger partial charge >= 0.3 is 0 Å². The first-order valence-corrected chi connectivity index (χ1v) is 7.27. The van der Waals surface area contributed by atoms with Crippen molar-refractivity contribution in [1.82, 2.24) is 15.2 Å². The molecule has 0 unspecified atom stereocenters. The number of anilines is 1. The molecule has 2 N–H and O–H groups in total. The Labute approximate surface area is 139 Å². The number of carbonyl (C=O) groups excluding carboxylic acids is 2. The molecular weight excluding hydrogens is 310 g/mol. The molecule has 0 aliphatic heterocycles. The molecule has 0 fully saturated rings. The quantitative estimate of drug-likeness (QED) is 0.615. The van der Waals surface area contributed by atoms with Crippen LogP contribution in [-0.4, -0.2) is 34.4 Å². The van der Waals surface area contributed by atoms with Gasteiger partial charge in [0.1, 0.15) is 5.75 Å². The van der Waals surface area contributed by atoms with Crippen LogP contribution < -0.4 is 15.5 Å². The number of nitrogens with one attached hydrogen (secondary N) is 2. The smallest absolute Gasteiger partial charge is 0.277 e. The van der Waals surface area contributed by atoms with Crippen LogP contribution in [0.3, 0.4) is 0 Å². The zero-order valence-electron chi connectivity index (χ0n) is 13.7. The van der Waals surface area contributed by atoms with Crippen LogP contribution in [0.25, 0.3) is 0 Å². The SMILES string of the molecule is CC(=O)Nc1ccc(OCC(=O)N/N=C/c2cc(C)nn2C)cc1. The van der Waals surface area contributed by atoms with E-state index in [1.165, 1.54) is 13.1 Å². The van der Waals surface area contributed by atoms with Crippen LogP contribution in [0.5, 0.6) is 5.75 Å². The highest BCUT2D eigenvalue weighted by molar-refractivity contribution is 5.88. The molecule has 8 nitrogen and oxygen atoms in total. The minimum absolute atomic E-state index is 0.149. The van der Waals surface area contributed by atoms with E-state index in [1.54, 1.807) is 36.0 Å². The molecular formula is C16H19N5O3. The number of hydrogen-bond donors (Lipinski definition) is 2. The number of nitrogens with zero attached hydrogens (tertiary/aromatic N) is 3. The van der Waals surface area contributed by atoms with Crippen LogP contribution in [0.4, 0.5) is 5.69 Å². The van der Waals surface area contributed by atoms with E-state index in [0.717, 1.165) is 11.4 Å². The van der Waals surface area contributed by atoms with Gasteiger partial charge in [-0.05, 0) is 37.3 Å². The lowest BCUT2D eigenvalue weighted by atomic mass is 10.3. The fraction of sp³-hybridized carbons (Fsp3) is 0.250. The van der Waals surface area contributed by atoms with Gasteiger partial charge in [0.05, 0.1) is 17.6 Å². The summed E-state index contributed by atoms with van der Waals surface area (Å²) in [6, 6.07) is 8.57. The molecule has 1 aromatic heterocycles. The average Bonchev–Trinajstić information content (AvgIpc) is 2.84. The number of aryl methyl sites for hydroxylation is 2. The Morgan fingerprint density at radius 3 is 2.62 bits per heavy atom. The molecule has 1 heterocycles. The summed E-state index contributed by atoms with van der Waals surface area (Å²) in [5, 5.41) is 10.7. The molecule has 24 heavy (non-hydrogen) atoms. The maximum Gasteiger partial charge on any atom is 0.277 e. The molecule has 8 heteroatoms. The van der Waals surface area contributed by atoms with Crippen LogP contribution in [0.15, 0.2) is 35.4 Å². The Morgan fingerprint density at radius 2 is 2.04 bits per heavy atom. The van der Waals surface area contributed by atoms with E-state index in [0.29, 0.717) is 11.4 Å². The summed E-state index contributed by atoms with van der Waals surface area (Å²) < 4.78 is 7.01. The van der Waals surface area contributed by atoms with E-state index < -0.39 is 0 Å². The molecule has 0 saturated heterocycles. The van der Waals surface area contributed by atoms with Crippen molar-refractivity contribution in [3.63, 3.8) is 0 Å². The zero-order chi connectivity index (χ0) is 17.5. The van der Waals surface area contributed by atoms with E-state index in [4.69, 9.17) is 4.74 Å². The number of amides is 2. The molecule has 0 saturated carbocycles. The summed E-state index contributed by atoms with van der Waals surface area (Å²) >= 11 is 0. The number of hydrazone groups is 1. The molecule has 0 spiro atoms. The van der Waals surface area contributed by atoms with Gasteiger partial charge in [-0.25, -0.2) is 5.43 Å². The molecule has 0 atom stereocenters. The monoisotopic (exact) mass is 329 g/mol. The topological polar surface area (TPSA) is 97.6 Å². The molecule has 2 rings (SSSR count). The second kappa shape index (κ2) is 7.91. The third-order valence-electron chi connectivity index (χ3n) is 2.97. The van der Waals surface area contributed by atoms with E-state index in [1.807, 2.05) is 13.0 Å². The summed E-state index contributed by atoms with van der Waals surface area (Å²) in [7, 11) is 1.80. The number of hydrogen-bond acceptors (Lipinski definition) is 5. The average molecular weight is 329 g/mol. The van der Waals surface area contributed by atoms with Gasteiger partial charge in [-0.3, -0.25) is 14.3 Å². The minimum atomic E-state index is -0.379. The number of carbonyl (C=O) groups is 2. The Bertz CT molecular complexity index is 750. The second-order valence-corrected chi connectivity index (χ2v) is 5.12. The number of aromatic nitrogens is 2. The highest BCUT2D eigenvalue weighted by Crippen LogP contribution is 2.15. The first-order valence-electron chi connectivity index (χ1n) is 7.27. The normalized spacial score (nSPS) is 10.6. The van der Waals surface area contributed by atoms with E-state index in [2.05, 4.69) is 20.9 Å². The second-order valence-electron chi connectivity index (χ2n) is 5.12. The van der Waals surface area contributed by atoms with Crippen molar-refractivity contribution in [3.05, 3.63) is 41.7 Å². The lowest BCUT2D eigenvalue weighted by Gasteiger charge is -2.06. The summed E-state index contributed by atoms with van der Waals surface area (Å²) in [5.74, 6) is -0.00825. The lowest BCUT2D eigenvalue weighted by Crippen LogP contribution is -2.24. The molecule has 0 aliphatic rings. The van der Waals surface area contributed by atoms with Gasteiger partial charge in [-0.1, -0.05) is 0 Å². The van der Waals surface area contributed by atoms with Crippen LogP contribution in [0.2, 0.25) is 0 Å². The summed E-state index contributed by atoms with van der Waals surface area (Å²) in [6.45, 7) is 3.14. The van der Waals surface area contributed by atoms with Crippen molar-refractivity contribution < 1.29 is 14.3 Å². The van der Waals surface area contributed by atoms with Gasteiger partial charge in [-0.15, -0.1) is 0 Å². The predicted octanol–water partition coefficient (Wildman–Crippen LogP) is 1.22. The van der Waals surface area contributed by atoms with E-state index in [-0.39, 0.29) is 18.4 Å². The molecule has 0 bridgehead atoms. The van der Waals surface area contributed by atoms with Crippen molar-refractivity contribution >= 4 is 23.7 Å². The third kappa shape index (κ3) is 5.24. The Hall–Kier alpha value is -3.16. The van der Waals surface area contributed by atoms with Gasteiger partial charge in [0.2, 0.25) is 5.91 Å². The highest BCUT2D eigenvalue weighted by Gasteiger charge is 2.03. The van der Waals surface area contributed by atoms with Gasteiger partial charge in [-0.2, -0.15) is 10.2 Å². The minimum Gasteiger partial charge on any atom is -0.484 e. The zero-order valence-corrected chi connectivity index (χ0v) is 13.7. The molecule has 1 aromatic carbocycles. The van der Waals surface area contributed by atoms with Gasteiger partial charge < -0.3 is 10.1 Å². The fourth-order valence-corrected chi connectivity index (χ4v) is 1.94. The first-order chi connectivity index (χ1) is 11.4. The largest absolute Gasteiger partial charge is 0.484 e. The highest BCUT2D eigenvalue weighted by atomic mass is 16.5. The number of ether oxygens (including phenoxy) is 1. The number of benzene rings is 1. The van der Waals surface area contributed by atoms with Crippen molar-refractivity contribution in [2.45, 2.75) is 13.8 Å². The van der Waals surface area contributed by atoms with E-state index >= 15 is 0 Å². The van der Waals surface area contributed by atoms with Crippen molar-refractivity contribution in [2.24, 2.45) is 12.1 Å². The van der Waals surface area contributed by atoms with Crippen molar-refractivity contribution in [1.29, 1.82) is 0 Å². The summed E-state index contributed by atoms with van der Waals surface area (Å²) in [4.78, 5) is 22.6. The summed E-state index contributed by atoms with van der Waals surface area (Å²) in [5.41, 5.74) is 4.70. The first kappa shape index (κ1) is 17.2. The Balaban J connectivity index is 1.78. The predicted molar refractivity (Wildman–Crippen MR) is 89.9 cm³/mol. The maximum absolute atomic E-state index is 11.7. The summed E-state index contributed by atoms with van der Waals surface area (Å²) in [6.07, 6.45) is 1.51. The van der Waals surface area contributed by atoms with Gasteiger partial charge in [0.15, 0.2) is 6.61 Å². The maximum atomic E-state index is 11.7. The number of rotatable bonds is 6. The van der Waals surface area contributed by atoms with Gasteiger partial charge in [0.25, 0.3) is 5.91 Å².